The van der Waals surface area contributed by atoms with E-state index < -0.39 is 0 Å². The molecule has 0 aliphatic heterocycles. The SMILES string of the molecule is O=C(C=Cc1cccs1)Nc1ccccc1NC(=O)C=Cc1cccs1. The molecular formula is C20H16N2O2S2. The van der Waals surface area contributed by atoms with Gasteiger partial charge >= 0.3 is 0 Å². The maximum atomic E-state index is 12.1. The average Bonchev–Trinajstić information content (AvgIpc) is 3.34. The molecule has 1 aromatic carbocycles. The number of hydrogen-bond acceptors (Lipinski definition) is 4. The second-order valence-corrected chi connectivity index (χ2v) is 7.18. The third-order valence-corrected chi connectivity index (χ3v) is 5.00. The number of nitrogens with one attached hydrogen (secondary N) is 2. The fourth-order valence-electron chi connectivity index (χ4n) is 2.14. The zero-order valence-electron chi connectivity index (χ0n) is 13.7. The first-order chi connectivity index (χ1) is 12.7. The van der Waals surface area contributed by atoms with Crippen LogP contribution in [0.3, 0.4) is 0 Å². The summed E-state index contributed by atoms with van der Waals surface area (Å²) in [6, 6.07) is 14.8. The van der Waals surface area contributed by atoms with Crippen LogP contribution in [-0.2, 0) is 9.59 Å². The summed E-state index contributed by atoms with van der Waals surface area (Å²) >= 11 is 3.11. The number of thiophene rings is 2. The van der Waals surface area contributed by atoms with Crippen molar-refractivity contribution in [2.75, 3.05) is 10.6 Å². The van der Waals surface area contributed by atoms with Crippen molar-refractivity contribution in [1.82, 2.24) is 0 Å². The van der Waals surface area contributed by atoms with E-state index in [2.05, 4.69) is 10.6 Å². The molecule has 3 rings (SSSR count). The number of anilines is 2. The maximum Gasteiger partial charge on any atom is 0.248 e. The highest BCUT2D eigenvalue weighted by molar-refractivity contribution is 7.11. The molecule has 0 bridgehead atoms. The van der Waals surface area contributed by atoms with E-state index in [1.165, 1.54) is 12.2 Å². The largest absolute Gasteiger partial charge is 0.321 e. The predicted octanol–water partition coefficient (Wildman–Crippen LogP) is 5.11. The zero-order chi connectivity index (χ0) is 18.2. The molecule has 0 unspecified atom stereocenters. The van der Waals surface area contributed by atoms with Gasteiger partial charge in [-0.25, -0.2) is 0 Å². The van der Waals surface area contributed by atoms with Gasteiger partial charge in [0.25, 0.3) is 0 Å². The lowest BCUT2D eigenvalue weighted by molar-refractivity contribution is -0.112. The highest BCUT2D eigenvalue weighted by Gasteiger charge is 2.06. The van der Waals surface area contributed by atoms with Crippen LogP contribution in [0.4, 0.5) is 11.4 Å². The minimum Gasteiger partial charge on any atom is -0.321 e. The molecule has 0 fully saturated rings. The van der Waals surface area contributed by atoms with Crippen molar-refractivity contribution in [3.63, 3.8) is 0 Å². The van der Waals surface area contributed by atoms with E-state index in [9.17, 15) is 9.59 Å². The Labute approximate surface area is 159 Å². The van der Waals surface area contributed by atoms with Gasteiger partial charge in [-0.2, -0.15) is 0 Å². The molecule has 0 radical (unpaired) electrons. The topological polar surface area (TPSA) is 58.2 Å². The molecular weight excluding hydrogens is 364 g/mol. The summed E-state index contributed by atoms with van der Waals surface area (Å²) in [5, 5.41) is 9.48. The molecule has 6 heteroatoms. The van der Waals surface area contributed by atoms with Crippen molar-refractivity contribution in [2.24, 2.45) is 0 Å². The molecule has 2 N–H and O–H groups in total. The van der Waals surface area contributed by atoms with E-state index in [-0.39, 0.29) is 11.8 Å². The van der Waals surface area contributed by atoms with Gasteiger partial charge in [0.2, 0.25) is 11.8 Å². The molecule has 0 saturated heterocycles. The van der Waals surface area contributed by atoms with Gasteiger partial charge < -0.3 is 10.6 Å². The van der Waals surface area contributed by atoms with Crippen molar-refractivity contribution >= 4 is 58.0 Å². The molecule has 0 atom stereocenters. The van der Waals surface area contributed by atoms with E-state index in [1.54, 1.807) is 59.1 Å². The monoisotopic (exact) mass is 380 g/mol. The molecule has 130 valence electrons. The van der Waals surface area contributed by atoms with Gasteiger partial charge in [-0.1, -0.05) is 24.3 Å². The van der Waals surface area contributed by atoms with Gasteiger partial charge in [-0.15, -0.1) is 22.7 Å². The van der Waals surface area contributed by atoms with Crippen molar-refractivity contribution in [2.45, 2.75) is 0 Å². The minimum absolute atomic E-state index is 0.255. The van der Waals surface area contributed by atoms with Crippen molar-refractivity contribution < 1.29 is 9.59 Å². The lowest BCUT2D eigenvalue weighted by Crippen LogP contribution is -2.13. The number of amides is 2. The Morgan fingerprint density at radius 3 is 1.54 bits per heavy atom. The number of para-hydroxylation sites is 2. The summed E-state index contributed by atoms with van der Waals surface area (Å²) in [6.45, 7) is 0. The fourth-order valence-corrected chi connectivity index (χ4v) is 3.37. The van der Waals surface area contributed by atoms with Gasteiger partial charge in [0.1, 0.15) is 0 Å². The third-order valence-electron chi connectivity index (χ3n) is 3.33. The Bertz CT molecular complexity index is 849. The summed E-state index contributed by atoms with van der Waals surface area (Å²) in [6.07, 6.45) is 6.46. The number of carbonyl (C=O) groups excluding carboxylic acids is 2. The zero-order valence-corrected chi connectivity index (χ0v) is 15.3. The third kappa shape index (κ3) is 5.27. The van der Waals surface area contributed by atoms with Crippen molar-refractivity contribution in [3.8, 4) is 0 Å². The molecule has 0 saturated carbocycles. The van der Waals surface area contributed by atoms with Gasteiger partial charge in [0.15, 0.2) is 0 Å². The lowest BCUT2D eigenvalue weighted by atomic mass is 10.2. The van der Waals surface area contributed by atoms with E-state index in [1.807, 2.05) is 35.0 Å². The van der Waals surface area contributed by atoms with Gasteiger partial charge in [-0.3, -0.25) is 9.59 Å². The van der Waals surface area contributed by atoms with Crippen LogP contribution < -0.4 is 10.6 Å². The molecule has 2 heterocycles. The molecule has 2 aromatic heterocycles. The highest BCUT2D eigenvalue weighted by Crippen LogP contribution is 2.21. The van der Waals surface area contributed by atoms with Crippen molar-refractivity contribution in [3.05, 3.63) is 81.2 Å². The molecule has 2 amide bonds. The van der Waals surface area contributed by atoms with Crippen LogP contribution in [0.1, 0.15) is 9.75 Å². The van der Waals surface area contributed by atoms with Crippen LogP contribution in [0.2, 0.25) is 0 Å². The molecule has 0 aliphatic rings. The number of rotatable bonds is 6. The Hall–Kier alpha value is -2.96. The van der Waals surface area contributed by atoms with Crippen LogP contribution in [0, 0.1) is 0 Å². The fraction of sp³-hybridized carbons (Fsp3) is 0. The van der Waals surface area contributed by atoms with Gasteiger partial charge in [0.05, 0.1) is 11.4 Å². The summed E-state index contributed by atoms with van der Waals surface area (Å²) in [5.41, 5.74) is 1.09. The highest BCUT2D eigenvalue weighted by atomic mass is 32.1. The first kappa shape index (κ1) is 17.8. The second kappa shape index (κ2) is 8.94. The summed E-state index contributed by atoms with van der Waals surface area (Å²) in [5.74, 6) is -0.511. The number of hydrogen-bond donors (Lipinski definition) is 2. The Kier molecular flexibility index (Phi) is 6.14. The lowest BCUT2D eigenvalue weighted by Gasteiger charge is -2.10. The van der Waals surface area contributed by atoms with Crippen molar-refractivity contribution in [1.29, 1.82) is 0 Å². The van der Waals surface area contributed by atoms with Gasteiger partial charge in [-0.05, 0) is 47.2 Å². The van der Waals surface area contributed by atoms with Crippen LogP contribution in [-0.4, -0.2) is 11.8 Å². The predicted molar refractivity (Wildman–Crippen MR) is 110 cm³/mol. The molecule has 26 heavy (non-hydrogen) atoms. The maximum absolute atomic E-state index is 12.1. The smallest absolute Gasteiger partial charge is 0.248 e. The van der Waals surface area contributed by atoms with Crippen LogP contribution >= 0.6 is 22.7 Å². The Morgan fingerprint density at radius 2 is 1.15 bits per heavy atom. The van der Waals surface area contributed by atoms with E-state index >= 15 is 0 Å². The molecule has 4 nitrogen and oxygen atoms in total. The Morgan fingerprint density at radius 1 is 0.692 bits per heavy atom. The first-order valence-corrected chi connectivity index (χ1v) is 9.61. The normalized spacial score (nSPS) is 11.1. The number of carbonyl (C=O) groups is 2. The Balaban J connectivity index is 1.64. The van der Waals surface area contributed by atoms with E-state index in [0.717, 1.165) is 9.75 Å². The molecule has 0 aliphatic carbocycles. The minimum atomic E-state index is -0.255. The summed E-state index contributed by atoms with van der Waals surface area (Å²) in [7, 11) is 0. The average molecular weight is 380 g/mol. The second-order valence-electron chi connectivity index (χ2n) is 5.22. The molecule has 0 spiro atoms. The van der Waals surface area contributed by atoms with Crippen LogP contribution in [0.5, 0.6) is 0 Å². The number of benzene rings is 1. The summed E-state index contributed by atoms with van der Waals surface area (Å²) in [4.78, 5) is 26.2. The molecule has 3 aromatic rings. The van der Waals surface area contributed by atoms with E-state index in [4.69, 9.17) is 0 Å². The van der Waals surface area contributed by atoms with E-state index in [0.29, 0.717) is 11.4 Å². The first-order valence-electron chi connectivity index (χ1n) is 7.85. The standard InChI is InChI=1S/C20H16N2O2S2/c23-19(11-9-15-5-3-13-25-15)21-17-7-1-2-8-18(17)22-20(24)12-10-16-6-4-14-26-16/h1-14H,(H,21,23)(H,22,24). The van der Waals surface area contributed by atoms with Gasteiger partial charge in [0, 0.05) is 21.9 Å². The van der Waals surface area contributed by atoms with Crippen LogP contribution in [0.15, 0.2) is 71.4 Å². The quantitative estimate of drug-likeness (QED) is 0.584. The van der Waals surface area contributed by atoms with Crippen LogP contribution in [0.25, 0.3) is 12.2 Å². The summed E-state index contributed by atoms with van der Waals surface area (Å²) < 4.78 is 0.